The smallest absolute Gasteiger partial charge is 0.335 e. The van der Waals surface area contributed by atoms with Crippen molar-refractivity contribution in [3.05, 3.63) is 62.4 Å². The van der Waals surface area contributed by atoms with Crippen molar-refractivity contribution in [3.8, 4) is 11.5 Å². The van der Waals surface area contributed by atoms with Crippen molar-refractivity contribution in [2.45, 2.75) is 20.4 Å². The van der Waals surface area contributed by atoms with Gasteiger partial charge in [-0.2, -0.15) is 0 Å². The van der Waals surface area contributed by atoms with E-state index in [1.807, 2.05) is 32.0 Å². The molecule has 4 aromatic rings. The third kappa shape index (κ3) is 2.93. The first kappa shape index (κ1) is 18.5. The van der Waals surface area contributed by atoms with Gasteiger partial charge in [0, 0.05) is 22.4 Å². The lowest BCUT2D eigenvalue weighted by Crippen LogP contribution is -2.28. The van der Waals surface area contributed by atoms with E-state index in [-0.39, 0.29) is 5.69 Å². The van der Waals surface area contributed by atoms with E-state index in [9.17, 15) is 4.79 Å². The molecule has 144 valence electrons. The van der Waals surface area contributed by atoms with Gasteiger partial charge in [-0.1, -0.05) is 0 Å². The third-order valence-corrected chi connectivity index (χ3v) is 5.29. The number of aromatic nitrogens is 4. The van der Waals surface area contributed by atoms with E-state index in [0.717, 1.165) is 21.4 Å². The fourth-order valence-electron chi connectivity index (χ4n) is 3.33. The molecule has 0 saturated carbocycles. The Labute approximate surface area is 169 Å². The highest BCUT2D eigenvalue weighted by atomic mass is 79.9. The van der Waals surface area contributed by atoms with Crippen molar-refractivity contribution in [3.63, 3.8) is 0 Å². The van der Waals surface area contributed by atoms with Gasteiger partial charge in [0.25, 0.3) is 0 Å². The number of methoxy groups -OCH3 is 2. The Hall–Kier alpha value is -2.87. The zero-order chi connectivity index (χ0) is 20.0. The highest BCUT2D eigenvalue weighted by molar-refractivity contribution is 9.10. The predicted molar refractivity (Wildman–Crippen MR) is 111 cm³/mol. The molecule has 1 aromatic carbocycles. The number of pyridine rings is 1. The highest BCUT2D eigenvalue weighted by Crippen LogP contribution is 2.25. The minimum atomic E-state index is -0.165. The molecule has 0 aliphatic heterocycles. The maximum absolute atomic E-state index is 13.4. The van der Waals surface area contributed by atoms with Crippen LogP contribution in [0.3, 0.4) is 0 Å². The van der Waals surface area contributed by atoms with Gasteiger partial charge in [0.2, 0.25) is 0 Å². The molecule has 28 heavy (non-hydrogen) atoms. The largest absolute Gasteiger partial charge is 0.497 e. The van der Waals surface area contributed by atoms with Crippen LogP contribution in [0.2, 0.25) is 0 Å². The van der Waals surface area contributed by atoms with Crippen LogP contribution >= 0.6 is 15.9 Å². The molecule has 3 aromatic heterocycles. The van der Waals surface area contributed by atoms with Crippen LogP contribution < -0.4 is 15.2 Å². The first-order chi connectivity index (χ1) is 13.4. The van der Waals surface area contributed by atoms with E-state index in [0.29, 0.717) is 34.7 Å². The Bertz CT molecular complexity index is 1250. The minimum Gasteiger partial charge on any atom is -0.497 e. The van der Waals surface area contributed by atoms with Crippen molar-refractivity contribution in [1.82, 2.24) is 18.9 Å². The predicted octanol–water partition coefficient (Wildman–Crippen LogP) is 3.49. The molecule has 8 heteroatoms. The van der Waals surface area contributed by atoms with E-state index < -0.39 is 0 Å². The molecule has 0 saturated heterocycles. The van der Waals surface area contributed by atoms with Gasteiger partial charge in [0.1, 0.15) is 17.0 Å². The number of halogens is 1. The zero-order valence-electron chi connectivity index (χ0n) is 16.0. The molecular formula is C20H19BrN4O3. The molecule has 3 heterocycles. The number of nitrogens with zero attached hydrogens (tertiary/aromatic N) is 4. The van der Waals surface area contributed by atoms with Gasteiger partial charge in [0.15, 0.2) is 5.65 Å². The van der Waals surface area contributed by atoms with Crippen LogP contribution in [0.15, 0.2) is 39.7 Å². The molecule has 0 unspecified atom stereocenters. The van der Waals surface area contributed by atoms with Gasteiger partial charge in [-0.25, -0.2) is 19.2 Å². The number of hydrogen-bond donors (Lipinski definition) is 0. The van der Waals surface area contributed by atoms with Crippen LogP contribution in [0, 0.1) is 13.8 Å². The Balaban J connectivity index is 2.03. The first-order valence-electron chi connectivity index (χ1n) is 8.68. The molecule has 0 bridgehead atoms. The zero-order valence-corrected chi connectivity index (χ0v) is 17.6. The fraction of sp³-hybridized carbons (Fsp3) is 0.250. The molecule has 0 atom stereocenters. The van der Waals surface area contributed by atoms with Crippen molar-refractivity contribution < 1.29 is 9.47 Å². The molecule has 7 nitrogen and oxygen atoms in total. The van der Waals surface area contributed by atoms with Crippen LogP contribution in [0.5, 0.6) is 11.5 Å². The third-order valence-electron chi connectivity index (χ3n) is 4.86. The van der Waals surface area contributed by atoms with Gasteiger partial charge in [0.05, 0.1) is 32.0 Å². The molecule has 0 N–H and O–H groups in total. The summed E-state index contributed by atoms with van der Waals surface area (Å²) in [4.78, 5) is 22.5. The van der Waals surface area contributed by atoms with Crippen molar-refractivity contribution in [1.29, 1.82) is 0 Å². The molecule has 0 spiro atoms. The van der Waals surface area contributed by atoms with Crippen molar-refractivity contribution >= 4 is 32.6 Å². The second-order valence-electron chi connectivity index (χ2n) is 6.55. The van der Waals surface area contributed by atoms with Gasteiger partial charge in [-0.15, -0.1) is 0 Å². The van der Waals surface area contributed by atoms with Crippen molar-refractivity contribution in [2.24, 2.45) is 0 Å². The lowest BCUT2D eigenvalue weighted by atomic mass is 10.2. The topological polar surface area (TPSA) is 70.7 Å². The van der Waals surface area contributed by atoms with E-state index in [1.54, 1.807) is 35.5 Å². The van der Waals surface area contributed by atoms with Crippen LogP contribution in [0.1, 0.15) is 17.0 Å². The second-order valence-corrected chi connectivity index (χ2v) is 7.47. The van der Waals surface area contributed by atoms with E-state index in [2.05, 4.69) is 25.9 Å². The maximum Gasteiger partial charge on any atom is 0.335 e. The monoisotopic (exact) mass is 442 g/mol. The summed E-state index contributed by atoms with van der Waals surface area (Å²) in [6.45, 7) is 4.12. The summed E-state index contributed by atoms with van der Waals surface area (Å²) in [5, 5.41) is 0. The van der Waals surface area contributed by atoms with E-state index >= 15 is 0 Å². The molecule has 0 aliphatic rings. The molecule has 0 aliphatic carbocycles. The number of fused-ring (bicyclic) bond motifs is 3. The second kappa shape index (κ2) is 6.94. The van der Waals surface area contributed by atoms with E-state index in [4.69, 9.17) is 9.47 Å². The Morgan fingerprint density at radius 2 is 1.75 bits per heavy atom. The number of ether oxygens (including phenoxy) is 2. The quantitative estimate of drug-likeness (QED) is 0.483. The van der Waals surface area contributed by atoms with Gasteiger partial charge in [-0.05, 0) is 53.5 Å². The number of aryl methyl sites for hydroxylation is 2. The summed E-state index contributed by atoms with van der Waals surface area (Å²) in [5.74, 6) is 1.34. The molecule has 0 fully saturated rings. The number of benzene rings is 1. The Kier molecular flexibility index (Phi) is 4.58. The molecule has 4 rings (SSSR count). The summed E-state index contributed by atoms with van der Waals surface area (Å²) in [6.07, 6.45) is 1.71. The van der Waals surface area contributed by atoms with Crippen LogP contribution in [-0.2, 0) is 6.54 Å². The highest BCUT2D eigenvalue weighted by Gasteiger charge is 2.17. The Morgan fingerprint density at radius 3 is 2.39 bits per heavy atom. The number of rotatable bonds is 4. The lowest BCUT2D eigenvalue weighted by molar-refractivity contribution is 0.393. The standard InChI is InChI=1S/C20H19BrN4O3/c1-11-12(2)25-19(23-11)18-17(7-14(21)9-22-18)24(20(25)26)10-13-5-15(27-3)8-16(6-13)28-4/h5-9H,10H2,1-4H3. The Morgan fingerprint density at radius 1 is 1.07 bits per heavy atom. The van der Waals surface area contributed by atoms with Crippen LogP contribution in [0.4, 0.5) is 0 Å². The van der Waals surface area contributed by atoms with Gasteiger partial charge < -0.3 is 9.47 Å². The molecular weight excluding hydrogens is 424 g/mol. The fourth-order valence-corrected chi connectivity index (χ4v) is 3.65. The average molecular weight is 443 g/mol. The summed E-state index contributed by atoms with van der Waals surface area (Å²) in [6, 6.07) is 7.47. The normalized spacial score (nSPS) is 11.3. The lowest BCUT2D eigenvalue weighted by Gasteiger charge is -2.14. The molecule has 0 amide bonds. The maximum atomic E-state index is 13.4. The number of imidazole rings is 1. The average Bonchev–Trinajstić information content (AvgIpc) is 2.99. The summed E-state index contributed by atoms with van der Waals surface area (Å²) < 4.78 is 14.8. The summed E-state index contributed by atoms with van der Waals surface area (Å²) in [7, 11) is 3.20. The number of hydrogen-bond acceptors (Lipinski definition) is 5. The van der Waals surface area contributed by atoms with Gasteiger partial charge in [-0.3, -0.25) is 4.57 Å². The van der Waals surface area contributed by atoms with Crippen LogP contribution in [0.25, 0.3) is 16.7 Å². The van der Waals surface area contributed by atoms with Crippen molar-refractivity contribution in [2.75, 3.05) is 14.2 Å². The first-order valence-corrected chi connectivity index (χ1v) is 9.48. The summed E-state index contributed by atoms with van der Waals surface area (Å²) in [5.41, 5.74) is 4.29. The van der Waals surface area contributed by atoms with E-state index in [1.165, 1.54) is 0 Å². The molecule has 0 radical (unpaired) electrons. The minimum absolute atomic E-state index is 0.165. The van der Waals surface area contributed by atoms with Gasteiger partial charge >= 0.3 is 5.69 Å². The SMILES string of the molecule is COc1cc(Cn2c(=O)n3c(C)c(C)nc3c3ncc(Br)cc32)cc(OC)c1. The van der Waals surface area contributed by atoms with Crippen LogP contribution in [-0.4, -0.2) is 33.2 Å². The summed E-state index contributed by atoms with van der Waals surface area (Å²) >= 11 is 3.46.